The van der Waals surface area contributed by atoms with Crippen molar-refractivity contribution in [3.8, 4) is 0 Å². The highest BCUT2D eigenvalue weighted by Gasteiger charge is 2.49. The summed E-state index contributed by atoms with van der Waals surface area (Å²) in [5, 5.41) is 6.84. The van der Waals surface area contributed by atoms with Crippen LogP contribution in [0.25, 0.3) is 0 Å². The molecule has 4 N–H and O–H groups in total. The molecule has 26 heavy (non-hydrogen) atoms. The zero-order chi connectivity index (χ0) is 17.7. The molecule has 140 valence electrons. The third-order valence-electron chi connectivity index (χ3n) is 7.13. The summed E-state index contributed by atoms with van der Waals surface area (Å²) in [5.41, 5.74) is 6.35. The highest BCUT2D eigenvalue weighted by molar-refractivity contribution is 5.75. The number of likely N-dealkylation sites (tertiary alicyclic amines) is 1. The first-order chi connectivity index (χ1) is 12.6. The first kappa shape index (κ1) is 16.2. The van der Waals surface area contributed by atoms with Crippen LogP contribution in [0.15, 0.2) is 18.3 Å². The van der Waals surface area contributed by atoms with Gasteiger partial charge in [0, 0.05) is 25.2 Å². The number of nitrogens with zero attached hydrogens (tertiary/aromatic N) is 2. The van der Waals surface area contributed by atoms with Gasteiger partial charge in [-0.05, 0) is 74.3 Å². The van der Waals surface area contributed by atoms with Gasteiger partial charge < -0.3 is 21.3 Å². The molecule has 0 spiro atoms. The topological polar surface area (TPSA) is 83.3 Å². The Morgan fingerprint density at radius 2 is 1.85 bits per heavy atom. The monoisotopic (exact) mass is 355 g/mol. The predicted octanol–water partition coefficient (Wildman–Crippen LogP) is 2.68. The number of aromatic nitrogens is 1. The van der Waals surface area contributed by atoms with E-state index in [2.05, 4.69) is 15.6 Å². The molecule has 0 radical (unpaired) electrons. The van der Waals surface area contributed by atoms with Gasteiger partial charge >= 0.3 is 6.03 Å². The van der Waals surface area contributed by atoms with E-state index in [0.29, 0.717) is 11.7 Å². The minimum absolute atomic E-state index is 0.136. The number of nitrogen functional groups attached to an aromatic ring is 1. The van der Waals surface area contributed by atoms with E-state index in [1.165, 1.54) is 32.1 Å². The Kier molecular flexibility index (Phi) is 3.94. The van der Waals surface area contributed by atoms with E-state index < -0.39 is 0 Å². The highest BCUT2D eigenvalue weighted by Crippen LogP contribution is 2.53. The Hall–Kier alpha value is -1.98. The zero-order valence-corrected chi connectivity index (χ0v) is 15.2. The molecular weight excluding hydrogens is 326 g/mol. The number of carbonyl (C=O) groups is 1. The molecule has 1 aromatic heterocycles. The normalized spacial score (nSPS) is 37.8. The second-order valence-corrected chi connectivity index (χ2v) is 8.96. The van der Waals surface area contributed by atoms with Crippen molar-refractivity contribution >= 4 is 17.5 Å². The van der Waals surface area contributed by atoms with E-state index in [9.17, 15) is 4.79 Å². The van der Waals surface area contributed by atoms with Gasteiger partial charge in [-0.15, -0.1) is 0 Å². The first-order valence-corrected chi connectivity index (χ1v) is 10.2. The highest BCUT2D eigenvalue weighted by atomic mass is 16.2. The van der Waals surface area contributed by atoms with Gasteiger partial charge in [-0.2, -0.15) is 0 Å². The summed E-state index contributed by atoms with van der Waals surface area (Å²) in [5.74, 6) is 4.17. The van der Waals surface area contributed by atoms with Gasteiger partial charge in [0.2, 0.25) is 0 Å². The number of amides is 2. The van der Waals surface area contributed by atoms with Crippen LogP contribution in [-0.4, -0.2) is 41.1 Å². The van der Waals surface area contributed by atoms with Crippen molar-refractivity contribution in [1.29, 1.82) is 0 Å². The standard InChI is InChI=1S/C20H29N5O/c21-16-1-2-18(22-10-16)23-17-3-4-25(11-17)20(26)24-19-14-6-12-5-13(8-14)9-15(19)7-12/h1-2,10,12-15,17,19H,3-9,11,21H2,(H,22,23)(H,24,26)/t12?,13?,14?,15?,17-,19?/m1/s1. The number of pyridine rings is 1. The molecule has 2 amide bonds. The Morgan fingerprint density at radius 1 is 1.12 bits per heavy atom. The van der Waals surface area contributed by atoms with E-state index in [1.54, 1.807) is 6.20 Å². The molecule has 4 bridgehead atoms. The van der Waals surface area contributed by atoms with Gasteiger partial charge in [-0.3, -0.25) is 0 Å². The van der Waals surface area contributed by atoms with Crippen molar-refractivity contribution in [3.05, 3.63) is 18.3 Å². The lowest BCUT2D eigenvalue weighted by Crippen LogP contribution is -2.57. The number of carbonyl (C=O) groups excluding carboxylic acids is 1. The third kappa shape index (κ3) is 2.99. The van der Waals surface area contributed by atoms with Crippen molar-refractivity contribution in [2.24, 2.45) is 23.7 Å². The van der Waals surface area contributed by atoms with Crippen LogP contribution in [0, 0.1) is 23.7 Å². The summed E-state index contributed by atoms with van der Waals surface area (Å²) in [7, 11) is 0. The largest absolute Gasteiger partial charge is 0.397 e. The van der Waals surface area contributed by atoms with E-state index in [4.69, 9.17) is 5.73 Å². The number of hydrogen-bond acceptors (Lipinski definition) is 4. The fourth-order valence-electron chi connectivity index (χ4n) is 6.16. The van der Waals surface area contributed by atoms with E-state index in [-0.39, 0.29) is 12.1 Å². The molecule has 6 rings (SSSR count). The summed E-state index contributed by atoms with van der Waals surface area (Å²) < 4.78 is 0. The summed E-state index contributed by atoms with van der Waals surface area (Å²) in [6.07, 6.45) is 9.42. The minimum Gasteiger partial charge on any atom is -0.397 e. The van der Waals surface area contributed by atoms with Gasteiger partial charge in [-0.1, -0.05) is 0 Å². The van der Waals surface area contributed by atoms with Crippen LogP contribution < -0.4 is 16.4 Å². The number of rotatable bonds is 3. The molecule has 6 nitrogen and oxygen atoms in total. The van der Waals surface area contributed by atoms with Crippen LogP contribution in [0.1, 0.15) is 38.5 Å². The van der Waals surface area contributed by atoms with Gasteiger partial charge in [-0.25, -0.2) is 9.78 Å². The Morgan fingerprint density at radius 3 is 2.50 bits per heavy atom. The van der Waals surface area contributed by atoms with Crippen LogP contribution >= 0.6 is 0 Å². The van der Waals surface area contributed by atoms with Crippen LogP contribution in [0.4, 0.5) is 16.3 Å². The Balaban J connectivity index is 1.16. The molecule has 1 aliphatic heterocycles. The van der Waals surface area contributed by atoms with Gasteiger partial charge in [0.25, 0.3) is 0 Å². The molecule has 1 atom stereocenters. The molecule has 4 saturated carbocycles. The smallest absolute Gasteiger partial charge is 0.317 e. The van der Waals surface area contributed by atoms with Crippen molar-refractivity contribution < 1.29 is 4.79 Å². The van der Waals surface area contributed by atoms with Crippen molar-refractivity contribution in [3.63, 3.8) is 0 Å². The molecule has 5 fully saturated rings. The van der Waals surface area contributed by atoms with Gasteiger partial charge in [0.15, 0.2) is 0 Å². The molecule has 0 aromatic carbocycles. The minimum atomic E-state index is 0.136. The lowest BCUT2D eigenvalue weighted by molar-refractivity contribution is -0.0107. The predicted molar refractivity (Wildman–Crippen MR) is 102 cm³/mol. The maximum atomic E-state index is 12.8. The zero-order valence-electron chi connectivity index (χ0n) is 15.2. The van der Waals surface area contributed by atoms with Gasteiger partial charge in [0.05, 0.1) is 11.9 Å². The lowest BCUT2D eigenvalue weighted by Gasteiger charge is -2.54. The van der Waals surface area contributed by atoms with Crippen LogP contribution in [0.2, 0.25) is 0 Å². The average Bonchev–Trinajstić information content (AvgIpc) is 3.08. The Labute approximate surface area is 154 Å². The van der Waals surface area contributed by atoms with Crippen LogP contribution in [0.3, 0.4) is 0 Å². The maximum absolute atomic E-state index is 12.8. The van der Waals surface area contributed by atoms with Crippen LogP contribution in [0.5, 0.6) is 0 Å². The lowest BCUT2D eigenvalue weighted by atomic mass is 9.54. The molecule has 2 heterocycles. The molecule has 1 saturated heterocycles. The number of nitrogens with two attached hydrogens (primary N) is 1. The molecule has 0 unspecified atom stereocenters. The van der Waals surface area contributed by atoms with Crippen molar-refractivity contribution in [2.75, 3.05) is 24.1 Å². The first-order valence-electron chi connectivity index (χ1n) is 10.2. The molecule has 1 aromatic rings. The quantitative estimate of drug-likeness (QED) is 0.778. The number of urea groups is 1. The van der Waals surface area contributed by atoms with E-state index in [0.717, 1.165) is 49.0 Å². The fourth-order valence-corrected chi connectivity index (χ4v) is 6.16. The van der Waals surface area contributed by atoms with E-state index in [1.807, 2.05) is 17.0 Å². The fraction of sp³-hybridized carbons (Fsp3) is 0.700. The molecule has 4 aliphatic carbocycles. The molecule has 6 heteroatoms. The van der Waals surface area contributed by atoms with Crippen LogP contribution in [-0.2, 0) is 0 Å². The number of nitrogens with one attached hydrogen (secondary N) is 2. The van der Waals surface area contributed by atoms with Crippen molar-refractivity contribution in [1.82, 2.24) is 15.2 Å². The molecular formula is C20H29N5O. The number of anilines is 2. The van der Waals surface area contributed by atoms with Crippen molar-refractivity contribution in [2.45, 2.75) is 50.6 Å². The second-order valence-electron chi connectivity index (χ2n) is 8.96. The third-order valence-corrected chi connectivity index (χ3v) is 7.13. The Bertz CT molecular complexity index is 647. The SMILES string of the molecule is Nc1ccc(N[C@@H]2CCN(C(=O)NC3C4CC5CC(C4)CC3C5)C2)nc1. The van der Waals surface area contributed by atoms with E-state index >= 15 is 0 Å². The maximum Gasteiger partial charge on any atom is 0.317 e. The molecule has 5 aliphatic rings. The second kappa shape index (κ2) is 6.32. The number of hydrogen-bond donors (Lipinski definition) is 3. The summed E-state index contributed by atoms with van der Waals surface area (Å²) in [6.45, 7) is 1.55. The summed E-state index contributed by atoms with van der Waals surface area (Å²) >= 11 is 0. The van der Waals surface area contributed by atoms with Gasteiger partial charge in [0.1, 0.15) is 5.82 Å². The summed E-state index contributed by atoms with van der Waals surface area (Å²) in [6, 6.07) is 4.56. The summed E-state index contributed by atoms with van der Waals surface area (Å²) in [4.78, 5) is 19.1. The average molecular weight is 355 g/mol.